The number of nitrogens with one attached hydrogen (secondary N) is 1. The fourth-order valence-corrected chi connectivity index (χ4v) is 1.15. The average molecular weight is 292 g/mol. The van der Waals surface area contributed by atoms with E-state index in [-0.39, 0.29) is 5.91 Å². The molecular weight excluding hydrogens is 277 g/mol. The van der Waals surface area contributed by atoms with Gasteiger partial charge in [-0.05, 0) is 12.0 Å². The van der Waals surface area contributed by atoms with E-state index in [1.807, 2.05) is 30.3 Å². The third-order valence-electron chi connectivity index (χ3n) is 2.12. The molecule has 4 N–H and O–H groups in total. The van der Waals surface area contributed by atoms with E-state index in [4.69, 9.17) is 15.6 Å². The molecule has 0 fully saturated rings. The maximum Gasteiger partial charge on any atom is 0.490 e. The van der Waals surface area contributed by atoms with Crippen LogP contribution >= 0.6 is 0 Å². The summed E-state index contributed by atoms with van der Waals surface area (Å²) in [6.45, 7) is 0. The van der Waals surface area contributed by atoms with Crippen molar-refractivity contribution in [1.82, 2.24) is 5.32 Å². The lowest BCUT2D eigenvalue weighted by molar-refractivity contribution is -0.192. The molecule has 0 aliphatic rings. The van der Waals surface area contributed by atoms with Gasteiger partial charge in [-0.3, -0.25) is 4.79 Å². The highest BCUT2D eigenvalue weighted by Gasteiger charge is 2.38. The van der Waals surface area contributed by atoms with E-state index in [0.717, 1.165) is 5.56 Å². The molecule has 1 aromatic rings. The van der Waals surface area contributed by atoms with E-state index in [9.17, 15) is 18.0 Å². The molecule has 0 aliphatic heterocycles. The highest BCUT2D eigenvalue weighted by atomic mass is 19.4. The summed E-state index contributed by atoms with van der Waals surface area (Å²) < 4.78 is 31.7. The molecule has 1 aromatic carbocycles. The lowest BCUT2D eigenvalue weighted by atomic mass is 10.1. The third kappa shape index (κ3) is 7.37. The van der Waals surface area contributed by atoms with Crippen LogP contribution in [0.2, 0.25) is 0 Å². The molecule has 0 heterocycles. The second-order valence-electron chi connectivity index (χ2n) is 3.71. The van der Waals surface area contributed by atoms with Crippen molar-refractivity contribution in [3.05, 3.63) is 35.9 Å². The van der Waals surface area contributed by atoms with Crippen LogP contribution in [0.5, 0.6) is 0 Å². The zero-order valence-electron chi connectivity index (χ0n) is 10.6. The van der Waals surface area contributed by atoms with Crippen molar-refractivity contribution in [3.63, 3.8) is 0 Å². The number of benzene rings is 1. The van der Waals surface area contributed by atoms with Crippen LogP contribution in [0.3, 0.4) is 0 Å². The third-order valence-corrected chi connectivity index (χ3v) is 2.12. The molecule has 0 spiro atoms. The number of amides is 1. The lowest BCUT2D eigenvalue weighted by Gasteiger charge is -2.09. The second-order valence-corrected chi connectivity index (χ2v) is 3.71. The number of carbonyl (C=O) groups is 2. The number of rotatable bonds is 3. The number of carboxylic acids is 1. The minimum Gasteiger partial charge on any atom is -0.475 e. The first-order valence-electron chi connectivity index (χ1n) is 5.49. The molecule has 8 heteroatoms. The van der Waals surface area contributed by atoms with Crippen LogP contribution in [-0.2, 0) is 16.0 Å². The first-order valence-corrected chi connectivity index (χ1v) is 5.49. The van der Waals surface area contributed by atoms with Gasteiger partial charge in [-0.2, -0.15) is 13.2 Å². The molecule has 0 saturated carbocycles. The van der Waals surface area contributed by atoms with Gasteiger partial charge in [-0.1, -0.05) is 30.3 Å². The normalized spacial score (nSPS) is 11.8. The first-order chi connectivity index (χ1) is 9.18. The number of nitrogens with two attached hydrogens (primary N) is 1. The van der Waals surface area contributed by atoms with Gasteiger partial charge in [0.15, 0.2) is 0 Å². The number of carbonyl (C=O) groups excluding carboxylic acids is 1. The summed E-state index contributed by atoms with van der Waals surface area (Å²) in [7, 11) is 1.59. The maximum absolute atomic E-state index is 11.1. The van der Waals surface area contributed by atoms with Crippen molar-refractivity contribution < 1.29 is 27.9 Å². The number of hydrogen-bond donors (Lipinski definition) is 3. The molecule has 20 heavy (non-hydrogen) atoms. The molecule has 0 unspecified atom stereocenters. The summed E-state index contributed by atoms with van der Waals surface area (Å²) in [4.78, 5) is 20.0. The van der Waals surface area contributed by atoms with Crippen LogP contribution in [0.1, 0.15) is 5.56 Å². The van der Waals surface area contributed by atoms with Crippen LogP contribution in [0.4, 0.5) is 13.2 Å². The van der Waals surface area contributed by atoms with Crippen molar-refractivity contribution in [2.75, 3.05) is 7.05 Å². The zero-order chi connectivity index (χ0) is 15.8. The number of likely N-dealkylation sites (N-methyl/N-ethyl adjacent to an activating group) is 1. The van der Waals surface area contributed by atoms with Gasteiger partial charge < -0.3 is 16.2 Å². The van der Waals surface area contributed by atoms with Crippen LogP contribution in [0.15, 0.2) is 30.3 Å². The van der Waals surface area contributed by atoms with Crippen molar-refractivity contribution in [1.29, 1.82) is 0 Å². The molecule has 0 radical (unpaired) electrons. The summed E-state index contributed by atoms with van der Waals surface area (Å²) in [5.41, 5.74) is 6.73. The molecule has 1 amide bonds. The van der Waals surface area contributed by atoms with Gasteiger partial charge in [0.05, 0.1) is 6.04 Å². The Morgan fingerprint density at radius 2 is 1.75 bits per heavy atom. The van der Waals surface area contributed by atoms with Crippen LogP contribution in [0, 0.1) is 0 Å². The monoisotopic (exact) mass is 292 g/mol. The van der Waals surface area contributed by atoms with Crippen LogP contribution in [0.25, 0.3) is 0 Å². The Kier molecular flexibility index (Phi) is 7.30. The predicted octanol–water partition coefficient (Wildman–Crippen LogP) is 0.936. The standard InChI is InChI=1S/C10H14N2O.C2HF3O2/c1-12-10(13)9(11)7-8-5-3-2-4-6-8;3-2(4,5)1(6)7/h2-6,9H,7,11H2,1H3,(H,12,13);(H,6,7)/t9-;/m0./s1. The molecule has 1 atom stereocenters. The molecular formula is C12H15F3N2O3. The molecule has 1 rings (SSSR count). The van der Waals surface area contributed by atoms with Crippen molar-refractivity contribution in [3.8, 4) is 0 Å². The SMILES string of the molecule is CNC(=O)[C@@H](N)Cc1ccccc1.O=C(O)C(F)(F)F. The summed E-state index contributed by atoms with van der Waals surface area (Å²) in [5, 5.41) is 9.65. The van der Waals surface area contributed by atoms with Crippen LogP contribution < -0.4 is 11.1 Å². The molecule has 0 aliphatic carbocycles. The quantitative estimate of drug-likeness (QED) is 0.773. The topological polar surface area (TPSA) is 92.4 Å². The van der Waals surface area contributed by atoms with E-state index in [0.29, 0.717) is 6.42 Å². The van der Waals surface area contributed by atoms with E-state index in [1.165, 1.54) is 0 Å². The van der Waals surface area contributed by atoms with E-state index >= 15 is 0 Å². The van der Waals surface area contributed by atoms with Crippen LogP contribution in [-0.4, -0.2) is 36.2 Å². The number of aliphatic carboxylic acids is 1. The molecule has 112 valence electrons. The van der Waals surface area contributed by atoms with Gasteiger partial charge >= 0.3 is 12.1 Å². The summed E-state index contributed by atoms with van der Waals surface area (Å²) >= 11 is 0. The fraction of sp³-hybridized carbons (Fsp3) is 0.333. The molecule has 5 nitrogen and oxygen atoms in total. The van der Waals surface area contributed by atoms with Gasteiger partial charge in [0.25, 0.3) is 0 Å². The Hall–Kier alpha value is -2.09. The Bertz CT molecular complexity index is 435. The lowest BCUT2D eigenvalue weighted by Crippen LogP contribution is -2.40. The maximum atomic E-state index is 11.1. The molecule has 0 bridgehead atoms. The Labute approximate surface area is 113 Å². The number of carboxylic acid groups (broad SMARTS) is 1. The predicted molar refractivity (Wildman–Crippen MR) is 65.9 cm³/mol. The Balaban J connectivity index is 0.000000441. The first kappa shape index (κ1) is 17.9. The Morgan fingerprint density at radius 1 is 1.30 bits per heavy atom. The fourth-order valence-electron chi connectivity index (χ4n) is 1.15. The zero-order valence-corrected chi connectivity index (χ0v) is 10.6. The highest BCUT2D eigenvalue weighted by Crippen LogP contribution is 2.13. The van der Waals surface area contributed by atoms with Crippen molar-refractivity contribution >= 4 is 11.9 Å². The minimum atomic E-state index is -5.08. The minimum absolute atomic E-state index is 0.121. The van der Waals surface area contributed by atoms with Gasteiger partial charge in [-0.25, -0.2) is 4.79 Å². The van der Waals surface area contributed by atoms with E-state index in [2.05, 4.69) is 5.32 Å². The van der Waals surface area contributed by atoms with Crippen molar-refractivity contribution in [2.24, 2.45) is 5.73 Å². The molecule has 0 aromatic heterocycles. The van der Waals surface area contributed by atoms with Crippen molar-refractivity contribution in [2.45, 2.75) is 18.6 Å². The highest BCUT2D eigenvalue weighted by molar-refractivity contribution is 5.81. The number of hydrogen-bond acceptors (Lipinski definition) is 3. The average Bonchev–Trinajstić information content (AvgIpc) is 2.38. The second kappa shape index (κ2) is 8.16. The largest absolute Gasteiger partial charge is 0.490 e. The number of alkyl halides is 3. The van der Waals surface area contributed by atoms with Gasteiger partial charge in [0.1, 0.15) is 0 Å². The van der Waals surface area contributed by atoms with E-state index < -0.39 is 18.2 Å². The summed E-state index contributed by atoms with van der Waals surface area (Å²) in [6, 6.07) is 9.28. The molecule has 0 saturated heterocycles. The Morgan fingerprint density at radius 3 is 2.10 bits per heavy atom. The number of halogens is 3. The summed E-state index contributed by atoms with van der Waals surface area (Å²) in [6.07, 6.45) is -4.50. The smallest absolute Gasteiger partial charge is 0.475 e. The summed E-state index contributed by atoms with van der Waals surface area (Å²) in [5.74, 6) is -2.88. The van der Waals surface area contributed by atoms with Gasteiger partial charge in [-0.15, -0.1) is 0 Å². The van der Waals surface area contributed by atoms with Gasteiger partial charge in [0.2, 0.25) is 5.91 Å². The van der Waals surface area contributed by atoms with Gasteiger partial charge in [0, 0.05) is 7.05 Å². The van der Waals surface area contributed by atoms with E-state index in [1.54, 1.807) is 7.05 Å².